The van der Waals surface area contributed by atoms with Gasteiger partial charge in [-0.15, -0.1) is 0 Å². The fraction of sp³-hybridized carbons (Fsp3) is 0.290. The Morgan fingerprint density at radius 3 is 2.08 bits per heavy atom. The Morgan fingerprint density at radius 1 is 0.838 bits per heavy atom. The van der Waals surface area contributed by atoms with Crippen molar-refractivity contribution in [2.24, 2.45) is 5.92 Å². The summed E-state index contributed by atoms with van der Waals surface area (Å²) in [6.45, 7) is 3.27. The molecule has 1 heterocycles. The third-order valence-electron chi connectivity index (χ3n) is 8.00. The summed E-state index contributed by atoms with van der Waals surface area (Å²) >= 11 is 0. The number of anilines is 3. The summed E-state index contributed by atoms with van der Waals surface area (Å²) in [6.07, 6.45) is 3.08. The van der Waals surface area contributed by atoms with Gasteiger partial charge in [0.15, 0.2) is 0 Å². The number of benzene rings is 3. The highest BCUT2D eigenvalue weighted by Gasteiger charge is 2.36. The highest BCUT2D eigenvalue weighted by molar-refractivity contribution is 5.79. The second kappa shape index (κ2) is 9.25. The van der Waals surface area contributed by atoms with E-state index in [4.69, 9.17) is 0 Å². The maximum Gasteiger partial charge on any atom is 0.253 e. The maximum absolute atomic E-state index is 14.2. The minimum absolute atomic E-state index is 0.0449. The smallest absolute Gasteiger partial charge is 0.253 e. The van der Waals surface area contributed by atoms with E-state index in [0.717, 1.165) is 46.3 Å². The van der Waals surface area contributed by atoms with Gasteiger partial charge in [-0.3, -0.25) is 9.59 Å². The number of halogens is 2. The van der Waals surface area contributed by atoms with Gasteiger partial charge in [-0.05, 0) is 97.2 Å². The predicted molar refractivity (Wildman–Crippen MR) is 143 cm³/mol. The van der Waals surface area contributed by atoms with Crippen molar-refractivity contribution >= 4 is 17.1 Å². The van der Waals surface area contributed by atoms with Crippen LogP contribution in [-0.4, -0.2) is 13.1 Å². The molecule has 1 fully saturated rings. The number of nitrogens with zero attached hydrogens (tertiary/aromatic N) is 1. The predicted octanol–water partition coefficient (Wildman–Crippen LogP) is 5.76. The number of hydrogen-bond acceptors (Lipinski definition) is 4. The molecule has 1 saturated heterocycles. The number of rotatable bonds is 4. The Morgan fingerprint density at radius 2 is 1.46 bits per heavy atom. The number of aryl methyl sites for hydroxylation is 3. The molecule has 4 aromatic carbocycles. The SMILES string of the molecule is Cc1ccc(Nc2c(N3CCCC(C4c5ccc(F)cc5CCc5cc(F)ccc54)C3)c(=O)c2=O)cc1. The topological polar surface area (TPSA) is 49.4 Å². The molecule has 0 saturated carbocycles. The fourth-order valence-corrected chi connectivity index (χ4v) is 6.20. The molecular formula is C31H28F2N2O2. The first-order valence-corrected chi connectivity index (χ1v) is 12.9. The van der Waals surface area contributed by atoms with Crippen LogP contribution in [0.4, 0.5) is 25.8 Å². The van der Waals surface area contributed by atoms with Crippen LogP contribution >= 0.6 is 0 Å². The van der Waals surface area contributed by atoms with Crippen molar-refractivity contribution in [3.8, 4) is 0 Å². The van der Waals surface area contributed by atoms with E-state index < -0.39 is 10.9 Å². The monoisotopic (exact) mass is 498 g/mol. The number of piperidine rings is 1. The van der Waals surface area contributed by atoms with Crippen LogP contribution in [0.2, 0.25) is 0 Å². The van der Waals surface area contributed by atoms with Gasteiger partial charge in [0, 0.05) is 24.7 Å². The lowest BCUT2D eigenvalue weighted by Crippen LogP contribution is -2.47. The van der Waals surface area contributed by atoms with Gasteiger partial charge in [-0.25, -0.2) is 8.78 Å². The molecular weight excluding hydrogens is 470 g/mol. The zero-order chi connectivity index (χ0) is 25.7. The van der Waals surface area contributed by atoms with Crippen LogP contribution in [0.3, 0.4) is 0 Å². The first kappa shape index (κ1) is 23.6. The molecule has 188 valence electrons. The highest BCUT2D eigenvalue weighted by Crippen LogP contribution is 2.43. The molecule has 4 nitrogen and oxygen atoms in total. The van der Waals surface area contributed by atoms with Gasteiger partial charge in [0.05, 0.1) is 0 Å². The molecule has 2 aliphatic rings. The second-order valence-electron chi connectivity index (χ2n) is 10.4. The van der Waals surface area contributed by atoms with Gasteiger partial charge in [0.25, 0.3) is 10.9 Å². The van der Waals surface area contributed by atoms with Gasteiger partial charge >= 0.3 is 0 Å². The molecule has 6 heteroatoms. The summed E-state index contributed by atoms with van der Waals surface area (Å²) in [4.78, 5) is 27.3. The van der Waals surface area contributed by atoms with Crippen LogP contribution in [-0.2, 0) is 12.8 Å². The van der Waals surface area contributed by atoms with Crippen LogP contribution in [0.15, 0.2) is 70.3 Å². The normalized spacial score (nSPS) is 17.8. The van der Waals surface area contributed by atoms with Crippen molar-refractivity contribution in [1.82, 2.24) is 0 Å². The van der Waals surface area contributed by atoms with E-state index in [1.165, 1.54) is 12.1 Å². The molecule has 0 amide bonds. The summed E-state index contributed by atoms with van der Waals surface area (Å²) in [7, 11) is 0. The van der Waals surface area contributed by atoms with Crippen LogP contribution in [0.25, 0.3) is 0 Å². The van der Waals surface area contributed by atoms with Crippen molar-refractivity contribution in [2.75, 3.05) is 23.3 Å². The van der Waals surface area contributed by atoms with E-state index in [1.54, 1.807) is 12.1 Å². The van der Waals surface area contributed by atoms with Crippen molar-refractivity contribution in [3.05, 3.63) is 121 Å². The van der Waals surface area contributed by atoms with Crippen LogP contribution in [0.1, 0.15) is 46.6 Å². The second-order valence-corrected chi connectivity index (χ2v) is 10.4. The number of hydrogen-bond donors (Lipinski definition) is 1. The highest BCUT2D eigenvalue weighted by atomic mass is 19.1. The third-order valence-corrected chi connectivity index (χ3v) is 8.00. The van der Waals surface area contributed by atoms with Gasteiger partial charge in [-0.1, -0.05) is 29.8 Å². The van der Waals surface area contributed by atoms with Gasteiger partial charge in [0.2, 0.25) is 0 Å². The Labute approximate surface area is 214 Å². The lowest BCUT2D eigenvalue weighted by molar-refractivity contribution is 0.376. The lowest BCUT2D eigenvalue weighted by Gasteiger charge is -2.40. The maximum atomic E-state index is 14.2. The average molecular weight is 499 g/mol. The Kier molecular flexibility index (Phi) is 5.90. The van der Waals surface area contributed by atoms with Crippen LogP contribution in [0.5, 0.6) is 0 Å². The first-order valence-electron chi connectivity index (χ1n) is 12.9. The summed E-state index contributed by atoms with van der Waals surface area (Å²) < 4.78 is 28.4. The van der Waals surface area contributed by atoms with Crippen LogP contribution in [0, 0.1) is 24.5 Å². The minimum Gasteiger partial charge on any atom is -0.366 e. The van der Waals surface area contributed by atoms with Crippen molar-refractivity contribution in [1.29, 1.82) is 0 Å². The summed E-state index contributed by atoms with van der Waals surface area (Å²) in [5, 5.41) is 3.17. The summed E-state index contributed by atoms with van der Waals surface area (Å²) in [6, 6.07) is 17.6. The molecule has 1 aliphatic heterocycles. The molecule has 4 aromatic rings. The van der Waals surface area contributed by atoms with E-state index in [-0.39, 0.29) is 23.5 Å². The minimum atomic E-state index is -0.492. The third kappa shape index (κ3) is 4.24. The summed E-state index contributed by atoms with van der Waals surface area (Å²) in [5.74, 6) is -0.459. The van der Waals surface area contributed by atoms with E-state index in [2.05, 4.69) is 5.32 Å². The molecule has 1 unspecified atom stereocenters. The first-order chi connectivity index (χ1) is 17.9. The lowest BCUT2D eigenvalue weighted by atomic mass is 9.75. The number of nitrogens with one attached hydrogen (secondary N) is 1. The molecule has 1 atom stereocenters. The van der Waals surface area contributed by atoms with E-state index in [9.17, 15) is 18.4 Å². The van der Waals surface area contributed by atoms with Crippen LogP contribution < -0.4 is 21.1 Å². The van der Waals surface area contributed by atoms with E-state index >= 15 is 0 Å². The molecule has 6 rings (SSSR count). The van der Waals surface area contributed by atoms with Crippen molar-refractivity contribution in [3.63, 3.8) is 0 Å². The zero-order valence-electron chi connectivity index (χ0n) is 20.7. The molecule has 37 heavy (non-hydrogen) atoms. The van der Waals surface area contributed by atoms with Gasteiger partial charge in [0.1, 0.15) is 23.0 Å². The Bertz CT molecular complexity index is 1500. The van der Waals surface area contributed by atoms with E-state index in [1.807, 2.05) is 48.2 Å². The molecule has 0 spiro atoms. The molecule has 1 aliphatic carbocycles. The Hall–Kier alpha value is -3.80. The zero-order valence-corrected chi connectivity index (χ0v) is 20.7. The van der Waals surface area contributed by atoms with E-state index in [0.29, 0.717) is 37.3 Å². The van der Waals surface area contributed by atoms with Crippen molar-refractivity contribution < 1.29 is 8.78 Å². The van der Waals surface area contributed by atoms with Gasteiger partial charge in [-0.2, -0.15) is 0 Å². The average Bonchev–Trinajstić information content (AvgIpc) is 3.05. The number of fused-ring (bicyclic) bond motifs is 2. The molecule has 1 N–H and O–H groups in total. The Balaban J connectivity index is 1.36. The standard InChI is InChI=1S/C31H28F2N2O2/c1-18-4-10-24(11-5-18)34-28-29(31(37)30(28)36)35-14-2-3-21(17-35)27-25-12-8-22(32)15-19(25)6-7-20-16-23(33)9-13-26(20)27/h4-5,8-13,15-16,21,27,34H,2-3,6-7,14,17H2,1H3. The summed E-state index contributed by atoms with van der Waals surface area (Å²) in [5.41, 5.74) is 5.77. The van der Waals surface area contributed by atoms with Gasteiger partial charge < -0.3 is 10.2 Å². The largest absolute Gasteiger partial charge is 0.366 e. The quantitative estimate of drug-likeness (QED) is 0.364. The van der Waals surface area contributed by atoms with Crippen molar-refractivity contribution in [2.45, 2.75) is 38.5 Å². The molecule has 0 radical (unpaired) electrons. The fourth-order valence-electron chi connectivity index (χ4n) is 6.20. The molecule has 0 aromatic heterocycles. The molecule has 0 bridgehead atoms.